The molecule has 2 aromatic heterocycles. The summed E-state index contributed by atoms with van der Waals surface area (Å²) in [6.45, 7) is 1.93. The number of aromatic nitrogens is 4. The van der Waals surface area contributed by atoms with Crippen LogP contribution >= 0.6 is 0 Å². The Morgan fingerprint density at radius 3 is 2.64 bits per heavy atom. The first kappa shape index (κ1) is 18.1. The van der Waals surface area contributed by atoms with Crippen molar-refractivity contribution in [1.82, 2.24) is 19.9 Å². The minimum atomic E-state index is -2.57. The molecule has 3 aromatic rings. The second kappa shape index (κ2) is 7.75. The van der Waals surface area contributed by atoms with E-state index in [-0.39, 0.29) is 11.4 Å². The summed E-state index contributed by atoms with van der Waals surface area (Å²) in [5.74, 6) is 0.558. The van der Waals surface area contributed by atoms with Gasteiger partial charge in [0.25, 0.3) is 12.0 Å². The fourth-order valence-electron chi connectivity index (χ4n) is 3.22. The molecule has 4 rings (SSSR count). The number of fused-ring (bicyclic) bond motifs is 1. The summed E-state index contributed by atoms with van der Waals surface area (Å²) in [5.41, 5.74) is 1.33. The van der Waals surface area contributed by atoms with Gasteiger partial charge in [-0.3, -0.25) is 4.79 Å². The molecule has 1 N–H and O–H groups in total. The van der Waals surface area contributed by atoms with Gasteiger partial charge in [0.1, 0.15) is 6.33 Å². The highest BCUT2D eigenvalue weighted by molar-refractivity contribution is 5.86. The summed E-state index contributed by atoms with van der Waals surface area (Å²) in [4.78, 5) is 30.9. The fourth-order valence-corrected chi connectivity index (χ4v) is 3.22. The molecule has 28 heavy (non-hydrogen) atoms. The number of anilines is 2. The van der Waals surface area contributed by atoms with Crippen LogP contribution in [0.1, 0.15) is 0 Å². The van der Waals surface area contributed by atoms with E-state index in [0.717, 1.165) is 5.69 Å². The smallest absolute Gasteiger partial charge is 0.290 e. The predicted molar refractivity (Wildman–Crippen MR) is 100 cm³/mol. The van der Waals surface area contributed by atoms with E-state index in [1.807, 2.05) is 23.1 Å². The van der Waals surface area contributed by atoms with Gasteiger partial charge in [-0.25, -0.2) is 23.7 Å². The van der Waals surface area contributed by atoms with E-state index in [9.17, 15) is 13.6 Å². The molecule has 0 bridgehead atoms. The Bertz CT molecular complexity index is 1020. The number of piperazine rings is 1. The lowest BCUT2D eigenvalue weighted by atomic mass is 10.2. The van der Waals surface area contributed by atoms with Crippen LogP contribution in [-0.2, 0) is 0 Å². The monoisotopic (exact) mass is 388 g/mol. The Balaban J connectivity index is 1.53. The number of alkyl halides is 2. The molecule has 0 radical (unpaired) electrons. The van der Waals surface area contributed by atoms with E-state index >= 15 is 0 Å². The fraction of sp³-hybridized carbons (Fsp3) is 0.333. The van der Waals surface area contributed by atoms with Gasteiger partial charge in [-0.1, -0.05) is 0 Å². The lowest BCUT2D eigenvalue weighted by molar-refractivity contribution is 0.0804. The van der Waals surface area contributed by atoms with Gasteiger partial charge >= 0.3 is 0 Å². The molecule has 0 aliphatic carbocycles. The highest BCUT2D eigenvalue weighted by Crippen LogP contribution is 2.27. The molecule has 0 saturated carbocycles. The predicted octanol–water partition coefficient (Wildman–Crippen LogP) is 1.68. The van der Waals surface area contributed by atoms with Crippen LogP contribution in [-0.4, -0.2) is 59.1 Å². The molecule has 8 nitrogen and oxygen atoms in total. The first-order chi connectivity index (χ1) is 13.6. The largest absolute Gasteiger partial charge is 0.471 e. The number of halogens is 2. The van der Waals surface area contributed by atoms with Crippen LogP contribution in [0, 0.1) is 0 Å². The third kappa shape index (κ3) is 3.71. The lowest BCUT2D eigenvalue weighted by Gasteiger charge is -2.36. The number of rotatable bonds is 5. The van der Waals surface area contributed by atoms with Crippen molar-refractivity contribution in [3.8, 4) is 5.88 Å². The van der Waals surface area contributed by atoms with Crippen molar-refractivity contribution in [3.63, 3.8) is 0 Å². The number of aromatic amines is 1. The highest BCUT2D eigenvalue weighted by Gasteiger charge is 2.21. The molecule has 3 heterocycles. The van der Waals surface area contributed by atoms with Gasteiger partial charge in [0.05, 0.1) is 10.9 Å². The summed E-state index contributed by atoms with van der Waals surface area (Å²) in [5, 5.41) is 0.587. The molecule has 1 aliphatic heterocycles. The van der Waals surface area contributed by atoms with E-state index in [0.29, 0.717) is 42.9 Å². The molecule has 1 aliphatic rings. The minimum Gasteiger partial charge on any atom is -0.471 e. The molecular weight excluding hydrogens is 370 g/mol. The minimum absolute atomic E-state index is 0.144. The normalized spacial score (nSPS) is 14.7. The summed E-state index contributed by atoms with van der Waals surface area (Å²) in [7, 11) is 0. The summed E-state index contributed by atoms with van der Waals surface area (Å²) in [6.07, 6.45) is 1.79. The third-order valence-corrected chi connectivity index (χ3v) is 4.56. The second-order valence-electron chi connectivity index (χ2n) is 6.30. The maximum absolute atomic E-state index is 12.5. The lowest BCUT2D eigenvalue weighted by Crippen LogP contribution is -2.48. The summed E-state index contributed by atoms with van der Waals surface area (Å²) in [6, 6.07) is 5.59. The van der Waals surface area contributed by atoms with Crippen LogP contribution < -0.4 is 20.1 Å². The molecular formula is C18H18F2N6O2. The molecule has 10 heteroatoms. The Morgan fingerprint density at radius 2 is 1.89 bits per heavy atom. The molecule has 0 spiro atoms. The Kier molecular flexibility index (Phi) is 5.00. The van der Waals surface area contributed by atoms with Crippen molar-refractivity contribution in [1.29, 1.82) is 0 Å². The Hall–Kier alpha value is -3.30. The van der Waals surface area contributed by atoms with Crippen LogP contribution in [0.25, 0.3) is 10.9 Å². The van der Waals surface area contributed by atoms with Gasteiger partial charge in [-0.05, 0) is 18.2 Å². The summed E-state index contributed by atoms with van der Waals surface area (Å²) >= 11 is 0. The van der Waals surface area contributed by atoms with Gasteiger partial charge < -0.3 is 19.5 Å². The molecule has 0 amide bonds. The van der Waals surface area contributed by atoms with Crippen molar-refractivity contribution in [2.24, 2.45) is 0 Å². The number of nitrogens with zero attached hydrogens (tertiary/aromatic N) is 5. The summed E-state index contributed by atoms with van der Waals surface area (Å²) < 4.78 is 30.1. The third-order valence-electron chi connectivity index (χ3n) is 4.56. The SMILES string of the molecule is O=c1[nH]ccnc1N1CCN(c2ccc3ncnc(OCC(F)F)c3c2)CC1. The van der Waals surface area contributed by atoms with Crippen LogP contribution in [0.15, 0.2) is 41.7 Å². The zero-order valence-electron chi connectivity index (χ0n) is 14.9. The molecule has 0 unspecified atom stereocenters. The topological polar surface area (TPSA) is 87.2 Å². The van der Waals surface area contributed by atoms with Crippen molar-refractivity contribution in [2.75, 3.05) is 42.6 Å². The van der Waals surface area contributed by atoms with Crippen LogP contribution in [0.4, 0.5) is 20.3 Å². The van der Waals surface area contributed by atoms with E-state index in [4.69, 9.17) is 4.74 Å². The van der Waals surface area contributed by atoms with Crippen molar-refractivity contribution >= 4 is 22.4 Å². The van der Waals surface area contributed by atoms with Gasteiger partial charge in [-0.2, -0.15) is 0 Å². The standard InChI is InChI=1S/C18H18F2N6O2/c19-15(20)10-28-18-13-9-12(1-2-14(13)23-11-24-18)25-5-7-26(8-6-25)16-17(27)22-4-3-21-16/h1-4,9,11,15H,5-8,10H2,(H,22,27). The first-order valence-electron chi connectivity index (χ1n) is 8.81. The maximum Gasteiger partial charge on any atom is 0.290 e. The quantitative estimate of drug-likeness (QED) is 0.712. The van der Waals surface area contributed by atoms with Crippen LogP contribution in [0.5, 0.6) is 5.88 Å². The van der Waals surface area contributed by atoms with Gasteiger partial charge in [0.2, 0.25) is 5.88 Å². The van der Waals surface area contributed by atoms with E-state index in [1.165, 1.54) is 12.5 Å². The van der Waals surface area contributed by atoms with Crippen LogP contribution in [0.3, 0.4) is 0 Å². The van der Waals surface area contributed by atoms with Gasteiger partial charge in [0.15, 0.2) is 12.4 Å². The maximum atomic E-state index is 12.5. The Labute approximate surface area is 158 Å². The Morgan fingerprint density at radius 1 is 1.11 bits per heavy atom. The van der Waals surface area contributed by atoms with E-state index in [1.54, 1.807) is 6.20 Å². The second-order valence-corrected chi connectivity index (χ2v) is 6.30. The average molecular weight is 388 g/mol. The van der Waals surface area contributed by atoms with E-state index in [2.05, 4.69) is 24.8 Å². The van der Waals surface area contributed by atoms with Crippen LogP contribution in [0.2, 0.25) is 0 Å². The number of ether oxygens (including phenoxy) is 1. The number of hydrogen-bond acceptors (Lipinski definition) is 7. The van der Waals surface area contributed by atoms with Gasteiger partial charge in [0, 0.05) is 44.3 Å². The first-order valence-corrected chi connectivity index (χ1v) is 8.81. The van der Waals surface area contributed by atoms with E-state index < -0.39 is 13.0 Å². The van der Waals surface area contributed by atoms with Gasteiger partial charge in [-0.15, -0.1) is 0 Å². The van der Waals surface area contributed by atoms with Crippen molar-refractivity contribution < 1.29 is 13.5 Å². The van der Waals surface area contributed by atoms with Crippen molar-refractivity contribution in [3.05, 3.63) is 47.3 Å². The number of H-pyrrole nitrogens is 1. The number of hydrogen-bond donors (Lipinski definition) is 1. The molecule has 1 fully saturated rings. The zero-order chi connectivity index (χ0) is 19.5. The van der Waals surface area contributed by atoms with Crippen molar-refractivity contribution in [2.45, 2.75) is 6.43 Å². The average Bonchev–Trinajstić information content (AvgIpc) is 2.72. The molecule has 0 atom stereocenters. The number of nitrogens with one attached hydrogen (secondary N) is 1. The number of benzene rings is 1. The highest BCUT2D eigenvalue weighted by atomic mass is 19.3. The molecule has 146 valence electrons. The zero-order valence-corrected chi connectivity index (χ0v) is 14.9. The molecule has 1 saturated heterocycles. The molecule has 1 aromatic carbocycles.